The van der Waals surface area contributed by atoms with E-state index < -0.39 is 0 Å². The zero-order valence-electron chi connectivity index (χ0n) is 33.4. The number of aryl methyl sites for hydroxylation is 2. The largest absolute Gasteiger partial charge is 0.258 e. The zero-order valence-corrected chi connectivity index (χ0v) is 33.4. The summed E-state index contributed by atoms with van der Waals surface area (Å²) in [6.07, 6.45) is 9.98. The van der Waals surface area contributed by atoms with Crippen LogP contribution < -0.4 is 0 Å². The Bertz CT molecular complexity index is 2780. The van der Waals surface area contributed by atoms with Crippen LogP contribution in [-0.4, -0.2) is 9.97 Å². The minimum Gasteiger partial charge on any atom is -0.258 e. The number of aromatic nitrogens is 2. The van der Waals surface area contributed by atoms with Crippen LogP contribution in [0.3, 0.4) is 0 Å². The molecule has 0 fully saturated rings. The fourth-order valence-corrected chi connectivity index (χ4v) is 8.43. The second-order valence-electron chi connectivity index (χ2n) is 15.2. The third-order valence-electron chi connectivity index (χ3n) is 11.4. The molecule has 2 heterocycles. The second kappa shape index (κ2) is 16.3. The van der Waals surface area contributed by atoms with Gasteiger partial charge >= 0.3 is 0 Å². The predicted octanol–water partition coefficient (Wildman–Crippen LogP) is 15.1. The molecule has 2 aromatic heterocycles. The lowest BCUT2D eigenvalue weighted by atomic mass is 9.83. The molecule has 0 radical (unpaired) electrons. The van der Waals surface area contributed by atoms with Crippen molar-refractivity contribution in [3.63, 3.8) is 0 Å². The van der Waals surface area contributed by atoms with Gasteiger partial charge in [0.1, 0.15) is 0 Å². The van der Waals surface area contributed by atoms with Crippen LogP contribution in [0, 0.1) is 13.8 Å². The first-order valence-corrected chi connectivity index (χ1v) is 20.4. The van der Waals surface area contributed by atoms with E-state index in [4.69, 9.17) is 9.97 Å². The van der Waals surface area contributed by atoms with Crippen LogP contribution in [0.15, 0.2) is 188 Å². The number of hydrogen-bond acceptors (Lipinski definition) is 2. The fourth-order valence-electron chi connectivity index (χ4n) is 8.43. The Kier molecular flexibility index (Phi) is 10.3. The first-order valence-electron chi connectivity index (χ1n) is 20.4. The van der Waals surface area contributed by atoms with Crippen LogP contribution in [0.25, 0.3) is 83.7 Å². The Morgan fingerprint density at radius 2 is 1.02 bits per heavy atom. The van der Waals surface area contributed by atoms with E-state index in [1.165, 1.54) is 61.2 Å². The van der Waals surface area contributed by atoms with Gasteiger partial charge in [-0.1, -0.05) is 171 Å². The molecule has 6 aromatic carbocycles. The number of allylic oxidation sites excluding steroid dienone is 4. The molecule has 58 heavy (non-hydrogen) atoms. The van der Waals surface area contributed by atoms with Crippen LogP contribution in [0.1, 0.15) is 42.3 Å². The zero-order chi connectivity index (χ0) is 39.4. The quantitative estimate of drug-likeness (QED) is 0.147. The summed E-state index contributed by atoms with van der Waals surface area (Å²) in [5.41, 5.74) is 22.0. The molecule has 0 amide bonds. The van der Waals surface area contributed by atoms with Crippen molar-refractivity contribution < 1.29 is 0 Å². The maximum Gasteiger partial charge on any atom is 0.0747 e. The van der Waals surface area contributed by atoms with E-state index in [-0.39, 0.29) is 0 Å². The minimum atomic E-state index is 0.858. The smallest absolute Gasteiger partial charge is 0.0747 e. The van der Waals surface area contributed by atoms with Crippen molar-refractivity contribution >= 4 is 5.57 Å². The average molecular weight is 747 g/mol. The van der Waals surface area contributed by atoms with E-state index >= 15 is 0 Å². The summed E-state index contributed by atoms with van der Waals surface area (Å²) in [6, 6.07) is 61.6. The molecule has 1 aliphatic carbocycles. The van der Waals surface area contributed by atoms with Crippen molar-refractivity contribution in [2.24, 2.45) is 0 Å². The Morgan fingerprint density at radius 3 is 1.64 bits per heavy atom. The SMILES string of the molecule is CCc1c(-c2ccccc2)cc(-c2ccc(-c3ccc(C)nc3C)cc2)nc1-c1ccc(-c2c(C3=CCCC=C3)cc(-c3ccccc3)cc2-c2ccccc2)cc1. The molecule has 280 valence electrons. The highest BCUT2D eigenvalue weighted by Gasteiger charge is 2.20. The van der Waals surface area contributed by atoms with E-state index in [9.17, 15) is 0 Å². The third-order valence-corrected chi connectivity index (χ3v) is 11.4. The van der Waals surface area contributed by atoms with Gasteiger partial charge in [-0.25, -0.2) is 4.98 Å². The molecule has 0 saturated carbocycles. The first-order chi connectivity index (χ1) is 28.5. The minimum absolute atomic E-state index is 0.858. The number of nitrogens with zero attached hydrogens (tertiary/aromatic N) is 2. The van der Waals surface area contributed by atoms with Crippen LogP contribution in [0.2, 0.25) is 0 Å². The lowest BCUT2D eigenvalue weighted by Crippen LogP contribution is -2.00. The summed E-state index contributed by atoms with van der Waals surface area (Å²) in [5, 5.41) is 0. The number of hydrogen-bond donors (Lipinski definition) is 0. The molecule has 0 bridgehead atoms. The van der Waals surface area contributed by atoms with Crippen molar-refractivity contribution in [3.8, 4) is 78.1 Å². The van der Waals surface area contributed by atoms with Gasteiger partial charge in [-0.3, -0.25) is 4.98 Å². The van der Waals surface area contributed by atoms with E-state index in [2.05, 4.69) is 202 Å². The maximum atomic E-state index is 5.47. The molecule has 2 nitrogen and oxygen atoms in total. The van der Waals surface area contributed by atoms with E-state index in [1.54, 1.807) is 0 Å². The Morgan fingerprint density at radius 1 is 0.448 bits per heavy atom. The summed E-state index contributed by atoms with van der Waals surface area (Å²) in [4.78, 5) is 10.2. The molecule has 2 heteroatoms. The van der Waals surface area contributed by atoms with Crippen LogP contribution in [-0.2, 0) is 6.42 Å². The van der Waals surface area contributed by atoms with Crippen LogP contribution >= 0.6 is 0 Å². The third kappa shape index (κ3) is 7.38. The summed E-state index contributed by atoms with van der Waals surface area (Å²) in [7, 11) is 0. The molecule has 9 rings (SSSR count). The van der Waals surface area contributed by atoms with Gasteiger partial charge in [0, 0.05) is 28.1 Å². The van der Waals surface area contributed by atoms with Crippen molar-refractivity contribution in [2.75, 3.05) is 0 Å². The molecule has 0 aliphatic heterocycles. The molecular weight excluding hydrogens is 701 g/mol. The van der Waals surface area contributed by atoms with E-state index in [1.807, 2.05) is 6.92 Å². The van der Waals surface area contributed by atoms with Crippen LogP contribution in [0.4, 0.5) is 0 Å². The molecule has 0 unspecified atom stereocenters. The topological polar surface area (TPSA) is 25.8 Å². The van der Waals surface area contributed by atoms with Crippen molar-refractivity contribution in [1.82, 2.24) is 9.97 Å². The van der Waals surface area contributed by atoms with Gasteiger partial charge in [-0.05, 0) is 124 Å². The number of rotatable bonds is 9. The number of benzene rings is 6. The van der Waals surface area contributed by atoms with Crippen LogP contribution in [0.5, 0.6) is 0 Å². The summed E-state index contributed by atoms with van der Waals surface area (Å²) in [5.74, 6) is 0. The molecule has 0 spiro atoms. The predicted molar refractivity (Wildman–Crippen MR) is 245 cm³/mol. The highest BCUT2D eigenvalue weighted by Crippen LogP contribution is 2.44. The van der Waals surface area contributed by atoms with E-state index in [0.717, 1.165) is 64.3 Å². The Hall–Kier alpha value is -6.90. The highest BCUT2D eigenvalue weighted by atomic mass is 14.7. The van der Waals surface area contributed by atoms with Crippen molar-refractivity contribution in [1.29, 1.82) is 0 Å². The molecule has 8 aromatic rings. The van der Waals surface area contributed by atoms with Gasteiger partial charge in [0.2, 0.25) is 0 Å². The normalized spacial score (nSPS) is 12.4. The van der Waals surface area contributed by atoms with Crippen molar-refractivity contribution in [3.05, 3.63) is 211 Å². The van der Waals surface area contributed by atoms with Gasteiger partial charge < -0.3 is 0 Å². The van der Waals surface area contributed by atoms with E-state index in [0.29, 0.717) is 0 Å². The first kappa shape index (κ1) is 36.7. The lowest BCUT2D eigenvalue weighted by Gasteiger charge is -2.21. The Balaban J connectivity index is 1.19. The van der Waals surface area contributed by atoms with Gasteiger partial charge in [0.25, 0.3) is 0 Å². The Labute approximate surface area is 343 Å². The maximum absolute atomic E-state index is 5.47. The number of pyridine rings is 2. The summed E-state index contributed by atoms with van der Waals surface area (Å²) in [6.45, 7) is 6.36. The van der Waals surface area contributed by atoms with Gasteiger partial charge in [0.15, 0.2) is 0 Å². The molecule has 0 N–H and O–H groups in total. The average Bonchev–Trinajstić information content (AvgIpc) is 3.29. The second-order valence-corrected chi connectivity index (χ2v) is 15.2. The van der Waals surface area contributed by atoms with Crippen molar-refractivity contribution in [2.45, 2.75) is 40.0 Å². The molecule has 0 atom stereocenters. The monoisotopic (exact) mass is 746 g/mol. The molecule has 1 aliphatic rings. The standard InChI is InChI=1S/C56H46N2/c1-4-49-51(41-19-11-6-12-20-41)37-54(45-28-26-44(27-29-45)50-34-25-38(2)57-39(50)3)58-56(49)47-32-30-46(31-33-47)55-52(42-21-13-7-14-22-42)35-48(40-17-9-5-10-18-40)36-53(55)43-23-15-8-16-24-43/h5-7,9-15,17-37H,4,8,16H2,1-3H3. The van der Waals surface area contributed by atoms with Gasteiger partial charge in [-0.2, -0.15) is 0 Å². The molecular formula is C56H46N2. The summed E-state index contributed by atoms with van der Waals surface area (Å²) < 4.78 is 0. The van der Waals surface area contributed by atoms with Gasteiger partial charge in [-0.15, -0.1) is 0 Å². The highest BCUT2D eigenvalue weighted by molar-refractivity contribution is 5.97. The summed E-state index contributed by atoms with van der Waals surface area (Å²) >= 11 is 0. The lowest BCUT2D eigenvalue weighted by molar-refractivity contribution is 1.04. The molecule has 0 saturated heterocycles. The fraction of sp³-hybridized carbons (Fsp3) is 0.107. The van der Waals surface area contributed by atoms with Gasteiger partial charge in [0.05, 0.1) is 11.4 Å².